The summed E-state index contributed by atoms with van der Waals surface area (Å²) in [5, 5.41) is 6.01. The predicted molar refractivity (Wildman–Crippen MR) is 108 cm³/mol. The van der Waals surface area contributed by atoms with Crippen molar-refractivity contribution >= 4 is 34.1 Å². The molecule has 150 valence electrons. The van der Waals surface area contributed by atoms with Crippen molar-refractivity contribution in [1.82, 2.24) is 15.2 Å². The average Bonchev–Trinajstić information content (AvgIpc) is 2.99. The number of urea groups is 1. The third kappa shape index (κ3) is 4.78. The van der Waals surface area contributed by atoms with Gasteiger partial charge in [0.25, 0.3) is 0 Å². The number of piperazine rings is 1. The Hall–Kier alpha value is -2.68. The van der Waals surface area contributed by atoms with E-state index in [4.69, 9.17) is 0 Å². The van der Waals surface area contributed by atoms with E-state index in [2.05, 4.69) is 20.5 Å². The van der Waals surface area contributed by atoms with Gasteiger partial charge in [-0.2, -0.15) is 0 Å². The highest BCUT2D eigenvalue weighted by atomic mass is 32.1. The van der Waals surface area contributed by atoms with Crippen LogP contribution in [0.5, 0.6) is 0 Å². The smallest absolute Gasteiger partial charge is 0.318 e. The van der Waals surface area contributed by atoms with Crippen molar-refractivity contribution in [3.63, 3.8) is 0 Å². The van der Waals surface area contributed by atoms with Crippen LogP contribution >= 0.6 is 11.3 Å². The summed E-state index contributed by atoms with van der Waals surface area (Å²) in [5.41, 5.74) is 1.82. The Bertz CT molecular complexity index is 827. The van der Waals surface area contributed by atoms with Crippen LogP contribution in [-0.2, 0) is 4.79 Å². The molecule has 2 aromatic rings. The Balaban J connectivity index is 1.48. The van der Waals surface area contributed by atoms with Crippen molar-refractivity contribution in [3.05, 3.63) is 40.7 Å². The number of hydrogen-bond acceptors (Lipinski definition) is 5. The van der Waals surface area contributed by atoms with Gasteiger partial charge in [-0.1, -0.05) is 0 Å². The van der Waals surface area contributed by atoms with E-state index in [9.17, 15) is 14.0 Å². The summed E-state index contributed by atoms with van der Waals surface area (Å²) in [6, 6.07) is 5.39. The summed E-state index contributed by atoms with van der Waals surface area (Å²) in [7, 11) is 0. The molecule has 7 nitrogen and oxygen atoms in total. The lowest BCUT2D eigenvalue weighted by molar-refractivity contribution is -0.117. The molecule has 1 aliphatic heterocycles. The number of nitrogens with zero attached hydrogens (tertiary/aromatic N) is 3. The second-order valence-corrected chi connectivity index (χ2v) is 7.97. The van der Waals surface area contributed by atoms with Crippen LogP contribution in [0.15, 0.2) is 24.3 Å². The third-order valence-corrected chi connectivity index (χ3v) is 5.74. The van der Waals surface area contributed by atoms with Crippen LogP contribution in [0, 0.1) is 19.7 Å². The minimum Gasteiger partial charge on any atom is -0.368 e. The molecule has 0 saturated carbocycles. The lowest BCUT2D eigenvalue weighted by Gasteiger charge is -2.36. The van der Waals surface area contributed by atoms with Gasteiger partial charge in [0.05, 0.1) is 5.69 Å². The second-order valence-electron chi connectivity index (χ2n) is 6.77. The number of benzene rings is 1. The van der Waals surface area contributed by atoms with Gasteiger partial charge in [-0.15, -0.1) is 11.3 Å². The molecular formula is C19H24FN5O2S. The minimum atomic E-state index is -0.674. The Morgan fingerprint density at radius 3 is 2.36 bits per heavy atom. The molecule has 3 amide bonds. The molecule has 1 aliphatic rings. The lowest BCUT2D eigenvalue weighted by Crippen LogP contribution is -2.54. The molecule has 1 aromatic carbocycles. The summed E-state index contributed by atoms with van der Waals surface area (Å²) >= 11 is 1.41. The van der Waals surface area contributed by atoms with E-state index in [0.717, 1.165) is 16.3 Å². The van der Waals surface area contributed by atoms with Gasteiger partial charge < -0.3 is 20.4 Å². The van der Waals surface area contributed by atoms with E-state index in [0.29, 0.717) is 31.3 Å². The largest absolute Gasteiger partial charge is 0.368 e. The number of carbonyl (C=O) groups excluding carboxylic acids is 2. The number of amides is 3. The molecule has 1 atom stereocenters. The van der Waals surface area contributed by atoms with Crippen LogP contribution in [0.2, 0.25) is 0 Å². The highest BCUT2D eigenvalue weighted by Crippen LogP contribution is 2.21. The summed E-state index contributed by atoms with van der Waals surface area (Å²) in [4.78, 5) is 33.9. The maximum absolute atomic E-state index is 13.1. The molecule has 1 unspecified atom stereocenters. The first-order valence-corrected chi connectivity index (χ1v) is 9.96. The van der Waals surface area contributed by atoms with Crippen LogP contribution in [0.1, 0.15) is 17.5 Å². The van der Waals surface area contributed by atoms with Crippen LogP contribution in [0.25, 0.3) is 0 Å². The fourth-order valence-corrected chi connectivity index (χ4v) is 3.72. The quantitative estimate of drug-likeness (QED) is 0.820. The molecule has 2 heterocycles. The first-order chi connectivity index (χ1) is 13.3. The molecule has 1 saturated heterocycles. The zero-order valence-electron chi connectivity index (χ0n) is 16.2. The van der Waals surface area contributed by atoms with Crippen molar-refractivity contribution < 1.29 is 14.0 Å². The van der Waals surface area contributed by atoms with Crippen LogP contribution in [0.4, 0.5) is 20.0 Å². The average molecular weight is 405 g/mol. The Kier molecular flexibility index (Phi) is 6.13. The molecule has 3 rings (SSSR count). The number of halogens is 1. The van der Waals surface area contributed by atoms with Gasteiger partial charge in [0.2, 0.25) is 5.91 Å². The zero-order valence-corrected chi connectivity index (χ0v) is 17.0. The molecule has 0 bridgehead atoms. The summed E-state index contributed by atoms with van der Waals surface area (Å²) < 4.78 is 13.1. The Morgan fingerprint density at radius 1 is 1.14 bits per heavy atom. The number of rotatable bonds is 4. The fourth-order valence-electron chi connectivity index (χ4n) is 2.90. The number of thiazole rings is 1. The second kappa shape index (κ2) is 8.55. The maximum atomic E-state index is 13.1. The van der Waals surface area contributed by atoms with Crippen molar-refractivity contribution in [1.29, 1.82) is 0 Å². The fraction of sp³-hybridized carbons (Fsp3) is 0.421. The highest BCUT2D eigenvalue weighted by Gasteiger charge is 2.24. The summed E-state index contributed by atoms with van der Waals surface area (Å²) in [6.45, 7) is 7.84. The number of aryl methyl sites for hydroxylation is 2. The van der Waals surface area contributed by atoms with Gasteiger partial charge in [-0.25, -0.2) is 14.2 Å². The van der Waals surface area contributed by atoms with Gasteiger partial charge in [0, 0.05) is 36.7 Å². The molecular weight excluding hydrogens is 381 g/mol. The Morgan fingerprint density at radius 2 is 1.79 bits per heavy atom. The van der Waals surface area contributed by atoms with Gasteiger partial charge in [-0.3, -0.25) is 4.79 Å². The van der Waals surface area contributed by atoms with Gasteiger partial charge in [0.15, 0.2) is 5.13 Å². The normalized spacial score (nSPS) is 15.3. The van der Waals surface area contributed by atoms with Crippen molar-refractivity contribution in [2.24, 2.45) is 0 Å². The number of aromatic nitrogens is 1. The van der Waals surface area contributed by atoms with Gasteiger partial charge >= 0.3 is 6.03 Å². The topological polar surface area (TPSA) is 77.6 Å². The van der Waals surface area contributed by atoms with E-state index in [1.54, 1.807) is 24.0 Å². The molecule has 1 aromatic heterocycles. The van der Waals surface area contributed by atoms with E-state index in [-0.39, 0.29) is 17.8 Å². The van der Waals surface area contributed by atoms with E-state index < -0.39 is 6.04 Å². The van der Waals surface area contributed by atoms with E-state index in [1.807, 2.05) is 13.8 Å². The van der Waals surface area contributed by atoms with Crippen LogP contribution < -0.4 is 15.5 Å². The monoisotopic (exact) mass is 405 g/mol. The molecule has 9 heteroatoms. The van der Waals surface area contributed by atoms with E-state index >= 15 is 0 Å². The Labute approximate surface area is 167 Å². The minimum absolute atomic E-state index is 0.267. The third-order valence-electron chi connectivity index (χ3n) is 4.75. The zero-order chi connectivity index (χ0) is 20.3. The molecule has 2 N–H and O–H groups in total. The highest BCUT2D eigenvalue weighted by molar-refractivity contribution is 7.15. The van der Waals surface area contributed by atoms with E-state index in [1.165, 1.54) is 23.5 Å². The predicted octanol–water partition coefficient (Wildman–Crippen LogP) is 2.76. The number of anilines is 2. The molecule has 0 aliphatic carbocycles. The number of carbonyl (C=O) groups is 2. The van der Waals surface area contributed by atoms with Crippen LogP contribution in [0.3, 0.4) is 0 Å². The molecule has 0 spiro atoms. The summed E-state index contributed by atoms with van der Waals surface area (Å²) in [6.07, 6.45) is 0. The maximum Gasteiger partial charge on any atom is 0.318 e. The molecule has 1 fully saturated rings. The van der Waals surface area contributed by atoms with Crippen molar-refractivity contribution in [3.8, 4) is 0 Å². The lowest BCUT2D eigenvalue weighted by atomic mass is 10.2. The number of hydrogen-bond donors (Lipinski definition) is 2. The first kappa shape index (κ1) is 20.1. The molecule has 28 heavy (non-hydrogen) atoms. The summed E-state index contributed by atoms with van der Waals surface area (Å²) in [5.74, 6) is -0.566. The van der Waals surface area contributed by atoms with Gasteiger partial charge in [0.1, 0.15) is 11.9 Å². The standard InChI is InChI=1S/C19H24FN5O2S/c1-12-14(3)28-18(21-12)23-17(26)13(2)22-19(27)25-10-8-24(9-11-25)16-6-4-15(20)5-7-16/h4-7,13H,8-11H2,1-3H3,(H,22,27)(H,21,23,26). The first-order valence-electron chi connectivity index (χ1n) is 9.14. The van der Waals surface area contributed by atoms with Crippen molar-refractivity contribution in [2.75, 3.05) is 36.4 Å². The van der Waals surface area contributed by atoms with Crippen LogP contribution in [-0.4, -0.2) is 54.0 Å². The number of nitrogens with one attached hydrogen (secondary N) is 2. The molecule has 0 radical (unpaired) electrons. The van der Waals surface area contributed by atoms with Crippen molar-refractivity contribution in [2.45, 2.75) is 26.8 Å². The SMILES string of the molecule is Cc1nc(NC(=O)C(C)NC(=O)N2CCN(c3ccc(F)cc3)CC2)sc1C. The van der Waals surface area contributed by atoms with Gasteiger partial charge in [-0.05, 0) is 45.0 Å².